The fraction of sp³-hybridized carbons (Fsp3) is 0.632. The van der Waals surface area contributed by atoms with E-state index in [1.807, 2.05) is 30.3 Å². The number of carbonyl (C=O) groups is 1. The van der Waals surface area contributed by atoms with Gasteiger partial charge in [0.05, 0.1) is 31.3 Å². The van der Waals surface area contributed by atoms with Gasteiger partial charge in [0.25, 0.3) is 0 Å². The third-order valence-corrected chi connectivity index (χ3v) is 9.33. The summed E-state index contributed by atoms with van der Waals surface area (Å²) >= 11 is 0. The minimum Gasteiger partial charge on any atom is -0.409 e. The second-order valence-corrected chi connectivity index (χ2v) is 12.9. The van der Waals surface area contributed by atoms with E-state index in [1.165, 1.54) is 0 Å². The Labute approximate surface area is 152 Å². The van der Waals surface area contributed by atoms with Crippen molar-refractivity contribution in [3.63, 3.8) is 0 Å². The summed E-state index contributed by atoms with van der Waals surface area (Å²) in [6.07, 6.45) is -1.22. The molecular formula is C19H33NO4Si. The summed E-state index contributed by atoms with van der Waals surface area (Å²) in [4.78, 5) is 12.3. The molecule has 1 rings (SSSR count). The van der Waals surface area contributed by atoms with Gasteiger partial charge in [-0.15, -0.1) is 0 Å². The van der Waals surface area contributed by atoms with Crippen molar-refractivity contribution in [1.29, 1.82) is 0 Å². The number of amides is 1. The van der Waals surface area contributed by atoms with Crippen LogP contribution in [0.4, 0.5) is 0 Å². The lowest BCUT2D eigenvalue weighted by Gasteiger charge is -2.42. The zero-order valence-electron chi connectivity index (χ0n) is 16.2. The average molecular weight is 368 g/mol. The third-order valence-electron chi connectivity index (χ3n) is 4.86. The molecule has 0 aliphatic heterocycles. The van der Waals surface area contributed by atoms with Crippen molar-refractivity contribution >= 4 is 14.2 Å². The third kappa shape index (κ3) is 6.54. The molecule has 0 saturated heterocycles. The molecule has 142 valence electrons. The number of aliphatic hydroxyl groups is 2. The monoisotopic (exact) mass is 367 g/mol. The highest BCUT2D eigenvalue weighted by Crippen LogP contribution is 2.38. The first kappa shape index (κ1) is 21.8. The van der Waals surface area contributed by atoms with E-state index < -0.39 is 26.6 Å². The van der Waals surface area contributed by atoms with Crippen LogP contribution in [0.5, 0.6) is 0 Å². The second-order valence-electron chi connectivity index (χ2n) is 8.10. The zero-order valence-corrected chi connectivity index (χ0v) is 17.2. The van der Waals surface area contributed by atoms with Crippen molar-refractivity contribution in [1.82, 2.24) is 5.32 Å². The van der Waals surface area contributed by atoms with Gasteiger partial charge >= 0.3 is 0 Å². The van der Waals surface area contributed by atoms with Gasteiger partial charge in [0.2, 0.25) is 5.91 Å². The van der Waals surface area contributed by atoms with Gasteiger partial charge in [-0.1, -0.05) is 51.1 Å². The largest absolute Gasteiger partial charge is 0.409 e. The molecule has 1 aromatic rings. The van der Waals surface area contributed by atoms with Crippen LogP contribution in [0.1, 0.15) is 33.3 Å². The molecule has 0 aliphatic rings. The Hall–Kier alpha value is -1.21. The van der Waals surface area contributed by atoms with E-state index in [1.54, 1.807) is 6.92 Å². The highest BCUT2D eigenvalue weighted by Gasteiger charge is 2.42. The second kappa shape index (κ2) is 8.94. The highest BCUT2D eigenvalue weighted by molar-refractivity contribution is 6.74. The Kier molecular flexibility index (Phi) is 7.80. The lowest BCUT2D eigenvalue weighted by atomic mass is 10.1. The quantitative estimate of drug-likeness (QED) is 0.617. The van der Waals surface area contributed by atoms with Crippen LogP contribution in [0.25, 0.3) is 0 Å². The lowest BCUT2D eigenvalue weighted by molar-refractivity contribution is -0.123. The first-order valence-electron chi connectivity index (χ1n) is 8.78. The van der Waals surface area contributed by atoms with Crippen molar-refractivity contribution < 1.29 is 19.4 Å². The van der Waals surface area contributed by atoms with Crippen LogP contribution >= 0.6 is 0 Å². The Bertz CT molecular complexity index is 540. The molecule has 1 aromatic carbocycles. The summed E-state index contributed by atoms with van der Waals surface area (Å²) in [6, 6.07) is 8.77. The van der Waals surface area contributed by atoms with E-state index in [9.17, 15) is 15.0 Å². The smallest absolute Gasteiger partial charge is 0.224 e. The molecule has 0 fully saturated rings. The Morgan fingerprint density at radius 2 is 1.80 bits per heavy atom. The molecule has 0 heterocycles. The fourth-order valence-corrected chi connectivity index (χ4v) is 3.70. The van der Waals surface area contributed by atoms with Crippen LogP contribution in [0, 0.1) is 0 Å². The molecule has 6 heteroatoms. The minimum absolute atomic E-state index is 0.0335. The number of aliphatic hydroxyl groups excluding tert-OH is 2. The SMILES string of the molecule is C[C@@H](O)C(O[Si](C)(C)C(C)(C)C)[C@H](CO)NC(=O)Cc1ccccc1. The van der Waals surface area contributed by atoms with Crippen molar-refractivity contribution in [2.24, 2.45) is 0 Å². The predicted molar refractivity (Wildman–Crippen MR) is 103 cm³/mol. The van der Waals surface area contributed by atoms with Crippen LogP contribution in [0.3, 0.4) is 0 Å². The zero-order chi connectivity index (χ0) is 19.3. The number of rotatable bonds is 8. The number of hydrogen-bond acceptors (Lipinski definition) is 4. The molecule has 3 N–H and O–H groups in total. The van der Waals surface area contributed by atoms with E-state index in [2.05, 4.69) is 39.2 Å². The van der Waals surface area contributed by atoms with Crippen LogP contribution in [0.2, 0.25) is 18.1 Å². The average Bonchev–Trinajstić information content (AvgIpc) is 2.50. The van der Waals surface area contributed by atoms with Gasteiger partial charge < -0.3 is 20.0 Å². The molecule has 0 spiro atoms. The molecule has 25 heavy (non-hydrogen) atoms. The lowest BCUT2D eigenvalue weighted by Crippen LogP contribution is -2.56. The summed E-state index contributed by atoms with van der Waals surface area (Å²) in [7, 11) is -2.16. The minimum atomic E-state index is -2.16. The van der Waals surface area contributed by atoms with Crippen LogP contribution in [0.15, 0.2) is 30.3 Å². The maximum atomic E-state index is 12.3. The molecule has 5 nitrogen and oxygen atoms in total. The van der Waals surface area contributed by atoms with Crippen molar-refractivity contribution in [3.8, 4) is 0 Å². The Morgan fingerprint density at radius 3 is 2.24 bits per heavy atom. The van der Waals surface area contributed by atoms with Gasteiger partial charge in [0.1, 0.15) is 0 Å². The number of nitrogens with one attached hydrogen (secondary N) is 1. The normalized spacial score (nSPS) is 16.2. The summed E-state index contributed by atoms with van der Waals surface area (Å²) in [5, 5.41) is 22.7. The first-order valence-corrected chi connectivity index (χ1v) is 11.7. The Morgan fingerprint density at radius 1 is 1.24 bits per heavy atom. The van der Waals surface area contributed by atoms with Crippen LogP contribution in [-0.2, 0) is 15.6 Å². The van der Waals surface area contributed by atoms with Gasteiger partial charge in [-0.05, 0) is 30.6 Å². The van der Waals surface area contributed by atoms with Gasteiger partial charge in [0.15, 0.2) is 8.32 Å². The van der Waals surface area contributed by atoms with Gasteiger partial charge in [0, 0.05) is 0 Å². The molecule has 0 radical (unpaired) electrons. The van der Waals surface area contributed by atoms with Gasteiger partial charge in [-0.2, -0.15) is 0 Å². The summed E-state index contributed by atoms with van der Waals surface area (Å²) in [5.74, 6) is -0.199. The fourth-order valence-electron chi connectivity index (χ4n) is 2.30. The maximum Gasteiger partial charge on any atom is 0.224 e. The molecule has 0 saturated carbocycles. The van der Waals surface area contributed by atoms with Crippen LogP contribution < -0.4 is 5.32 Å². The maximum absolute atomic E-state index is 12.3. The molecule has 0 aromatic heterocycles. The predicted octanol–water partition coefficient (Wildman–Crippen LogP) is 2.48. The molecule has 0 bridgehead atoms. The van der Waals surface area contributed by atoms with Crippen LogP contribution in [-0.4, -0.2) is 49.3 Å². The molecule has 3 atom stereocenters. The van der Waals surface area contributed by atoms with E-state index in [0.717, 1.165) is 5.56 Å². The highest BCUT2D eigenvalue weighted by atomic mass is 28.4. The number of hydrogen-bond donors (Lipinski definition) is 3. The summed E-state index contributed by atoms with van der Waals surface area (Å²) < 4.78 is 6.28. The first-order chi connectivity index (χ1) is 11.5. The molecular weight excluding hydrogens is 334 g/mol. The van der Waals surface area contributed by atoms with Gasteiger partial charge in [-0.3, -0.25) is 4.79 Å². The van der Waals surface area contributed by atoms with E-state index in [-0.39, 0.29) is 24.0 Å². The van der Waals surface area contributed by atoms with E-state index in [4.69, 9.17) is 4.43 Å². The summed E-state index contributed by atoms with van der Waals surface area (Å²) in [6.45, 7) is 11.8. The van der Waals surface area contributed by atoms with Crippen molar-refractivity contribution in [2.45, 2.75) is 70.5 Å². The Balaban J connectivity index is 2.83. The standard InChI is InChI=1S/C19H33NO4Si/c1-14(22)18(24-25(5,6)19(2,3)4)16(13-21)20-17(23)12-15-10-8-7-9-11-15/h7-11,14,16,18,21-22H,12-13H2,1-6H3,(H,20,23)/t14-,16+,18?/m1/s1. The molecule has 1 unspecified atom stereocenters. The van der Waals surface area contributed by atoms with Crippen molar-refractivity contribution in [3.05, 3.63) is 35.9 Å². The molecule has 1 amide bonds. The van der Waals surface area contributed by atoms with Crippen molar-refractivity contribution in [2.75, 3.05) is 6.61 Å². The topological polar surface area (TPSA) is 78.8 Å². The van der Waals surface area contributed by atoms with Gasteiger partial charge in [-0.25, -0.2) is 0 Å². The van der Waals surface area contributed by atoms with E-state index in [0.29, 0.717) is 0 Å². The summed E-state index contributed by atoms with van der Waals surface area (Å²) in [5.41, 5.74) is 0.899. The number of benzene rings is 1. The van der Waals surface area contributed by atoms with E-state index >= 15 is 0 Å². The molecule has 0 aliphatic carbocycles. The number of carbonyl (C=O) groups excluding carboxylic acids is 1.